The molecule has 1 aromatic heterocycles. The van der Waals surface area contributed by atoms with E-state index >= 15 is 0 Å². The highest BCUT2D eigenvalue weighted by atomic mass is 16.3. The van der Waals surface area contributed by atoms with Gasteiger partial charge in [-0.25, -0.2) is 10.2 Å². The Hall–Kier alpha value is -2.80. The largest absolute Gasteiger partial charge is 0.466 e. The van der Waals surface area contributed by atoms with Gasteiger partial charge in [0.15, 0.2) is 0 Å². The summed E-state index contributed by atoms with van der Waals surface area (Å²) < 4.78 is 5.32. The van der Waals surface area contributed by atoms with Crippen LogP contribution in [0.1, 0.15) is 46.9 Å². The van der Waals surface area contributed by atoms with Crippen molar-refractivity contribution in [2.45, 2.75) is 40.8 Å². The van der Waals surface area contributed by atoms with Gasteiger partial charge in [-0.15, -0.1) is 0 Å². The minimum atomic E-state index is -0.473. The number of hydrogen-bond donors (Lipinski definition) is 3. The summed E-state index contributed by atoms with van der Waals surface area (Å²) in [5.41, 5.74) is 7.38. The number of aryl methyl sites for hydroxylation is 2. The average Bonchev–Trinajstić information content (AvgIpc) is 3.01. The van der Waals surface area contributed by atoms with Gasteiger partial charge < -0.3 is 9.73 Å². The van der Waals surface area contributed by atoms with E-state index in [1.807, 2.05) is 18.2 Å². The lowest BCUT2D eigenvalue weighted by Gasteiger charge is -2.20. The standard InChI is InChI=1S/C20H28N4O3/c1-5-24(6-2)13-17-10-8-7-9-16(17)12-21-20(26)23-22-19(25)18-11-14(3)27-15(18)4/h7-11H,5-6,12-13H2,1-4H3,(H,22,25)(H2,21,23,26). The Labute approximate surface area is 160 Å². The van der Waals surface area contributed by atoms with Crippen LogP contribution in [0, 0.1) is 13.8 Å². The second-order valence-corrected chi connectivity index (χ2v) is 6.32. The highest BCUT2D eigenvalue weighted by molar-refractivity contribution is 5.96. The van der Waals surface area contributed by atoms with Crippen LogP contribution in [0.5, 0.6) is 0 Å². The van der Waals surface area contributed by atoms with E-state index in [1.54, 1.807) is 19.9 Å². The molecule has 3 N–H and O–H groups in total. The van der Waals surface area contributed by atoms with Crippen LogP contribution in [0.2, 0.25) is 0 Å². The fourth-order valence-corrected chi connectivity index (χ4v) is 2.83. The minimum absolute atomic E-state index is 0.378. The van der Waals surface area contributed by atoms with E-state index in [4.69, 9.17) is 4.42 Å². The second-order valence-electron chi connectivity index (χ2n) is 6.32. The summed E-state index contributed by atoms with van der Waals surface area (Å²) >= 11 is 0. The smallest absolute Gasteiger partial charge is 0.333 e. The van der Waals surface area contributed by atoms with Crippen LogP contribution in [-0.2, 0) is 13.1 Å². The maximum absolute atomic E-state index is 12.1. The number of urea groups is 1. The van der Waals surface area contributed by atoms with Crippen LogP contribution >= 0.6 is 0 Å². The van der Waals surface area contributed by atoms with Gasteiger partial charge in [0.2, 0.25) is 0 Å². The first-order valence-corrected chi connectivity index (χ1v) is 9.14. The van der Waals surface area contributed by atoms with E-state index < -0.39 is 11.9 Å². The summed E-state index contributed by atoms with van der Waals surface area (Å²) in [4.78, 5) is 26.4. The summed E-state index contributed by atoms with van der Waals surface area (Å²) in [6.45, 7) is 10.9. The molecule has 0 bridgehead atoms. The van der Waals surface area contributed by atoms with Gasteiger partial charge in [0.25, 0.3) is 5.91 Å². The molecule has 0 radical (unpaired) electrons. The van der Waals surface area contributed by atoms with Crippen molar-refractivity contribution in [3.8, 4) is 0 Å². The molecule has 2 rings (SSSR count). The van der Waals surface area contributed by atoms with Gasteiger partial charge in [0, 0.05) is 13.1 Å². The fraction of sp³-hybridized carbons (Fsp3) is 0.400. The highest BCUT2D eigenvalue weighted by Gasteiger charge is 2.14. The Morgan fingerprint density at radius 3 is 2.30 bits per heavy atom. The van der Waals surface area contributed by atoms with Crippen LogP contribution < -0.4 is 16.2 Å². The molecule has 0 fully saturated rings. The molecule has 2 aromatic rings. The Kier molecular flexibility index (Phi) is 7.43. The van der Waals surface area contributed by atoms with Crippen molar-refractivity contribution in [2.24, 2.45) is 0 Å². The molecule has 7 nitrogen and oxygen atoms in total. The summed E-state index contributed by atoms with van der Waals surface area (Å²) in [7, 11) is 0. The zero-order chi connectivity index (χ0) is 19.8. The summed E-state index contributed by atoms with van der Waals surface area (Å²) in [5, 5.41) is 2.77. The molecule has 7 heteroatoms. The first-order chi connectivity index (χ1) is 12.9. The van der Waals surface area contributed by atoms with E-state index in [0.29, 0.717) is 23.6 Å². The number of nitrogens with one attached hydrogen (secondary N) is 3. The second kappa shape index (κ2) is 9.78. The number of amides is 3. The maximum Gasteiger partial charge on any atom is 0.333 e. The van der Waals surface area contributed by atoms with Crippen LogP contribution in [0.3, 0.4) is 0 Å². The molecule has 1 aromatic carbocycles. The van der Waals surface area contributed by atoms with E-state index in [0.717, 1.165) is 25.2 Å². The highest BCUT2D eigenvalue weighted by Crippen LogP contribution is 2.13. The van der Waals surface area contributed by atoms with Gasteiger partial charge in [0.1, 0.15) is 11.5 Å². The zero-order valence-corrected chi connectivity index (χ0v) is 16.4. The lowest BCUT2D eigenvalue weighted by molar-refractivity contribution is 0.0934. The van der Waals surface area contributed by atoms with Crippen molar-refractivity contribution in [3.63, 3.8) is 0 Å². The Morgan fingerprint density at radius 1 is 1.04 bits per heavy atom. The zero-order valence-electron chi connectivity index (χ0n) is 16.4. The first-order valence-electron chi connectivity index (χ1n) is 9.14. The molecule has 3 amide bonds. The average molecular weight is 372 g/mol. The van der Waals surface area contributed by atoms with Crippen molar-refractivity contribution >= 4 is 11.9 Å². The Balaban J connectivity index is 1.87. The number of hydrogen-bond acceptors (Lipinski definition) is 4. The van der Waals surface area contributed by atoms with E-state index in [9.17, 15) is 9.59 Å². The normalized spacial score (nSPS) is 10.7. The minimum Gasteiger partial charge on any atom is -0.466 e. The Morgan fingerprint density at radius 2 is 1.70 bits per heavy atom. The number of benzene rings is 1. The van der Waals surface area contributed by atoms with E-state index in [-0.39, 0.29) is 0 Å². The van der Waals surface area contributed by atoms with Gasteiger partial charge in [-0.3, -0.25) is 15.1 Å². The third-order valence-corrected chi connectivity index (χ3v) is 4.42. The summed E-state index contributed by atoms with van der Waals surface area (Å²) in [5.74, 6) is 0.742. The molecule has 0 aliphatic rings. The van der Waals surface area contributed by atoms with Crippen LogP contribution in [0.25, 0.3) is 0 Å². The third-order valence-electron chi connectivity index (χ3n) is 4.42. The fourth-order valence-electron chi connectivity index (χ4n) is 2.83. The van der Waals surface area contributed by atoms with Crippen LogP contribution in [0.15, 0.2) is 34.7 Å². The van der Waals surface area contributed by atoms with E-state index in [1.165, 1.54) is 5.56 Å². The van der Waals surface area contributed by atoms with Crippen molar-refractivity contribution in [1.82, 2.24) is 21.1 Å². The lowest BCUT2D eigenvalue weighted by atomic mass is 10.1. The van der Waals surface area contributed by atoms with Gasteiger partial charge >= 0.3 is 6.03 Å². The van der Waals surface area contributed by atoms with Gasteiger partial charge in [0.05, 0.1) is 5.56 Å². The first kappa shape index (κ1) is 20.5. The molecule has 0 saturated carbocycles. The molecular weight excluding hydrogens is 344 g/mol. The predicted octanol–water partition coefficient (Wildman–Crippen LogP) is 2.88. The Bertz CT molecular complexity index is 781. The van der Waals surface area contributed by atoms with Gasteiger partial charge in [-0.2, -0.15) is 0 Å². The molecule has 0 saturated heterocycles. The molecule has 146 valence electrons. The van der Waals surface area contributed by atoms with Crippen molar-refractivity contribution in [1.29, 1.82) is 0 Å². The number of carbonyl (C=O) groups is 2. The molecule has 0 aliphatic heterocycles. The maximum atomic E-state index is 12.1. The summed E-state index contributed by atoms with van der Waals surface area (Å²) in [6, 6.07) is 9.17. The molecule has 0 atom stereocenters. The topological polar surface area (TPSA) is 86.6 Å². The quantitative estimate of drug-likeness (QED) is 0.652. The van der Waals surface area contributed by atoms with E-state index in [2.05, 4.69) is 41.0 Å². The summed E-state index contributed by atoms with van der Waals surface area (Å²) in [6.07, 6.45) is 0. The number of rotatable bonds is 7. The molecule has 0 spiro atoms. The van der Waals surface area contributed by atoms with Crippen molar-refractivity contribution < 1.29 is 14.0 Å². The van der Waals surface area contributed by atoms with Gasteiger partial charge in [-0.05, 0) is 44.1 Å². The number of hydrazine groups is 1. The van der Waals surface area contributed by atoms with Gasteiger partial charge in [-0.1, -0.05) is 38.1 Å². The van der Waals surface area contributed by atoms with Crippen molar-refractivity contribution in [3.05, 3.63) is 58.5 Å². The molecule has 0 unspecified atom stereocenters. The van der Waals surface area contributed by atoms with Crippen LogP contribution in [-0.4, -0.2) is 29.9 Å². The molecule has 27 heavy (non-hydrogen) atoms. The monoisotopic (exact) mass is 372 g/mol. The predicted molar refractivity (Wildman–Crippen MR) is 104 cm³/mol. The lowest BCUT2D eigenvalue weighted by Crippen LogP contribution is -2.46. The molecule has 1 heterocycles. The molecular formula is C20H28N4O3. The third kappa shape index (κ3) is 5.86. The van der Waals surface area contributed by atoms with Crippen molar-refractivity contribution in [2.75, 3.05) is 13.1 Å². The number of carbonyl (C=O) groups excluding carboxylic acids is 2. The SMILES string of the molecule is CCN(CC)Cc1ccccc1CNC(=O)NNC(=O)c1cc(C)oc1C. The molecule has 0 aliphatic carbocycles. The number of furan rings is 1. The van der Waals surface area contributed by atoms with Crippen LogP contribution in [0.4, 0.5) is 4.79 Å². The number of nitrogens with zero attached hydrogens (tertiary/aromatic N) is 1.